The largest absolute Gasteiger partial charge is 0.323 e. The molecular formula is C12H12BrN3. The van der Waals surface area contributed by atoms with Gasteiger partial charge in [-0.05, 0) is 46.8 Å². The molecule has 0 atom stereocenters. The van der Waals surface area contributed by atoms with Gasteiger partial charge in [0.1, 0.15) is 0 Å². The molecule has 82 valence electrons. The van der Waals surface area contributed by atoms with Crippen LogP contribution in [-0.4, -0.2) is 4.98 Å². The highest BCUT2D eigenvalue weighted by atomic mass is 79.9. The van der Waals surface area contributed by atoms with E-state index >= 15 is 0 Å². The highest BCUT2D eigenvalue weighted by molar-refractivity contribution is 9.10. The lowest BCUT2D eigenvalue weighted by molar-refractivity contribution is 0.901. The van der Waals surface area contributed by atoms with Gasteiger partial charge in [0.05, 0.1) is 11.2 Å². The van der Waals surface area contributed by atoms with Crippen LogP contribution in [0, 0.1) is 0 Å². The van der Waals surface area contributed by atoms with Crippen molar-refractivity contribution in [3.63, 3.8) is 0 Å². The van der Waals surface area contributed by atoms with Gasteiger partial charge in [-0.3, -0.25) is 10.8 Å². The van der Waals surface area contributed by atoms with Gasteiger partial charge in [0.25, 0.3) is 0 Å². The summed E-state index contributed by atoms with van der Waals surface area (Å²) in [6.07, 6.45) is 3.30. The number of aryl methyl sites for hydroxylation is 1. The number of pyridine rings is 1. The van der Waals surface area contributed by atoms with Gasteiger partial charge < -0.3 is 5.43 Å². The zero-order valence-corrected chi connectivity index (χ0v) is 10.3. The Hall–Kier alpha value is -1.13. The van der Waals surface area contributed by atoms with E-state index in [1.165, 1.54) is 17.7 Å². The number of nitrogens with one attached hydrogen (secondary N) is 1. The number of rotatable bonds is 1. The molecule has 0 unspecified atom stereocenters. The highest BCUT2D eigenvalue weighted by Crippen LogP contribution is 2.35. The van der Waals surface area contributed by atoms with Gasteiger partial charge in [0.2, 0.25) is 0 Å². The number of fused-ring (bicyclic) bond motifs is 2. The lowest BCUT2D eigenvalue weighted by Crippen LogP contribution is -2.10. The topological polar surface area (TPSA) is 50.9 Å². The van der Waals surface area contributed by atoms with E-state index < -0.39 is 0 Å². The van der Waals surface area contributed by atoms with Crippen molar-refractivity contribution in [1.82, 2.24) is 4.98 Å². The number of anilines is 1. The lowest BCUT2D eigenvalue weighted by Gasteiger charge is -2.12. The Morgan fingerprint density at radius 2 is 2.19 bits per heavy atom. The lowest BCUT2D eigenvalue weighted by atomic mass is 10.1. The Kier molecular flexibility index (Phi) is 2.33. The first kappa shape index (κ1) is 10.1. The number of hydrogen-bond donors (Lipinski definition) is 2. The molecule has 3 nitrogen and oxygen atoms in total. The number of hydrogen-bond acceptors (Lipinski definition) is 3. The van der Waals surface area contributed by atoms with Crippen LogP contribution in [0.15, 0.2) is 22.7 Å². The second-order valence-electron chi connectivity index (χ2n) is 4.05. The summed E-state index contributed by atoms with van der Waals surface area (Å²) in [5, 5.41) is 1.09. The van der Waals surface area contributed by atoms with E-state index in [9.17, 15) is 0 Å². The number of hydrazine groups is 1. The Bertz CT molecular complexity index is 566. The third kappa shape index (κ3) is 1.33. The molecule has 0 radical (unpaired) electrons. The van der Waals surface area contributed by atoms with Gasteiger partial charge >= 0.3 is 0 Å². The van der Waals surface area contributed by atoms with E-state index in [-0.39, 0.29) is 0 Å². The minimum Gasteiger partial charge on any atom is -0.323 e. The van der Waals surface area contributed by atoms with Crippen molar-refractivity contribution >= 4 is 32.5 Å². The fourth-order valence-corrected chi connectivity index (χ4v) is 2.87. The van der Waals surface area contributed by atoms with E-state index in [0.717, 1.165) is 33.9 Å². The monoisotopic (exact) mass is 277 g/mol. The molecule has 1 aliphatic rings. The number of nitrogen functional groups attached to an aromatic ring is 1. The van der Waals surface area contributed by atoms with Gasteiger partial charge in [-0.25, -0.2) is 0 Å². The molecule has 0 saturated heterocycles. The summed E-state index contributed by atoms with van der Waals surface area (Å²) in [6.45, 7) is 0. The van der Waals surface area contributed by atoms with E-state index in [0.29, 0.717) is 0 Å². The third-order valence-corrected chi connectivity index (χ3v) is 3.78. The fourth-order valence-electron chi connectivity index (χ4n) is 2.41. The predicted octanol–water partition coefficient (Wildman–Crippen LogP) is 2.77. The number of aromatic nitrogens is 1. The molecule has 3 N–H and O–H groups in total. The predicted molar refractivity (Wildman–Crippen MR) is 69.3 cm³/mol. The second-order valence-corrected chi connectivity index (χ2v) is 4.90. The van der Waals surface area contributed by atoms with Crippen LogP contribution < -0.4 is 11.3 Å². The minimum absolute atomic E-state index is 0.996. The van der Waals surface area contributed by atoms with Gasteiger partial charge in [0.15, 0.2) is 0 Å². The molecule has 0 aliphatic heterocycles. The second kappa shape index (κ2) is 3.71. The van der Waals surface area contributed by atoms with Gasteiger partial charge in [-0.2, -0.15) is 0 Å². The zero-order valence-electron chi connectivity index (χ0n) is 8.76. The molecule has 1 aliphatic carbocycles. The van der Waals surface area contributed by atoms with Gasteiger partial charge in [-0.15, -0.1) is 0 Å². The summed E-state index contributed by atoms with van der Waals surface area (Å²) in [4.78, 5) is 4.72. The normalized spacial score (nSPS) is 14.1. The molecular weight excluding hydrogens is 266 g/mol. The van der Waals surface area contributed by atoms with Crippen molar-refractivity contribution in [1.29, 1.82) is 0 Å². The summed E-state index contributed by atoms with van der Waals surface area (Å²) >= 11 is 3.54. The molecule has 0 bridgehead atoms. The minimum atomic E-state index is 0.996. The number of para-hydroxylation sites is 1. The maximum absolute atomic E-state index is 5.65. The van der Waals surface area contributed by atoms with Crippen LogP contribution in [0.25, 0.3) is 10.9 Å². The van der Waals surface area contributed by atoms with Crippen LogP contribution in [-0.2, 0) is 12.8 Å². The number of nitrogens with two attached hydrogens (primary N) is 1. The molecule has 0 amide bonds. The van der Waals surface area contributed by atoms with Crippen LogP contribution >= 0.6 is 15.9 Å². The summed E-state index contributed by atoms with van der Waals surface area (Å²) in [6, 6.07) is 6.08. The van der Waals surface area contributed by atoms with Crippen LogP contribution in [0.1, 0.15) is 17.7 Å². The number of benzene rings is 1. The highest BCUT2D eigenvalue weighted by Gasteiger charge is 2.19. The Balaban J connectivity index is 2.44. The molecule has 3 rings (SSSR count). The van der Waals surface area contributed by atoms with Crippen molar-refractivity contribution in [2.45, 2.75) is 19.3 Å². The smallest absolute Gasteiger partial charge is 0.0868 e. The Morgan fingerprint density at radius 3 is 3.00 bits per heavy atom. The van der Waals surface area contributed by atoms with Crippen LogP contribution in [0.2, 0.25) is 0 Å². The van der Waals surface area contributed by atoms with Crippen molar-refractivity contribution in [2.75, 3.05) is 5.43 Å². The SMILES string of the molecule is NNc1c2c(nc3c(Br)cccc13)CCC2. The molecule has 0 spiro atoms. The fraction of sp³-hybridized carbons (Fsp3) is 0.250. The van der Waals surface area contributed by atoms with Crippen LogP contribution in [0.3, 0.4) is 0 Å². The van der Waals surface area contributed by atoms with E-state index in [1.54, 1.807) is 0 Å². The number of halogens is 1. The first-order valence-electron chi connectivity index (χ1n) is 5.38. The standard InChI is InChI=1S/C12H12BrN3/c13-9-5-1-4-8-11(16-14)7-3-2-6-10(7)15-12(8)9/h1,4-5H,2-3,6,14H2,(H,15,16). The summed E-state index contributed by atoms with van der Waals surface area (Å²) < 4.78 is 1.02. The maximum Gasteiger partial charge on any atom is 0.0868 e. The molecule has 4 heteroatoms. The van der Waals surface area contributed by atoms with E-state index in [2.05, 4.69) is 27.4 Å². The first-order chi connectivity index (χ1) is 7.81. The van der Waals surface area contributed by atoms with E-state index in [4.69, 9.17) is 10.8 Å². The van der Waals surface area contributed by atoms with Crippen LogP contribution in [0.4, 0.5) is 5.69 Å². The summed E-state index contributed by atoms with van der Waals surface area (Å²) in [5.74, 6) is 5.65. The number of nitrogens with zero attached hydrogens (tertiary/aromatic N) is 1. The molecule has 16 heavy (non-hydrogen) atoms. The molecule has 2 aromatic rings. The molecule has 1 aromatic carbocycles. The van der Waals surface area contributed by atoms with Crippen molar-refractivity contribution in [2.24, 2.45) is 5.84 Å². The summed E-state index contributed by atoms with van der Waals surface area (Å²) in [5.41, 5.74) is 7.35. The van der Waals surface area contributed by atoms with Crippen molar-refractivity contribution in [3.8, 4) is 0 Å². The van der Waals surface area contributed by atoms with Crippen LogP contribution in [0.5, 0.6) is 0 Å². The Labute approximate surface area is 102 Å². The van der Waals surface area contributed by atoms with Crippen molar-refractivity contribution in [3.05, 3.63) is 33.9 Å². The van der Waals surface area contributed by atoms with E-state index in [1.807, 2.05) is 12.1 Å². The third-order valence-electron chi connectivity index (χ3n) is 3.14. The van der Waals surface area contributed by atoms with Gasteiger partial charge in [0, 0.05) is 15.6 Å². The Morgan fingerprint density at radius 1 is 1.31 bits per heavy atom. The molecule has 1 heterocycles. The molecule has 1 aromatic heterocycles. The maximum atomic E-state index is 5.65. The quantitative estimate of drug-likeness (QED) is 0.623. The van der Waals surface area contributed by atoms with Gasteiger partial charge in [-0.1, -0.05) is 12.1 Å². The average molecular weight is 278 g/mol. The first-order valence-corrected chi connectivity index (χ1v) is 6.17. The van der Waals surface area contributed by atoms with Crippen molar-refractivity contribution < 1.29 is 0 Å². The molecule has 0 fully saturated rings. The molecule has 0 saturated carbocycles. The zero-order chi connectivity index (χ0) is 11.1. The summed E-state index contributed by atoms with van der Waals surface area (Å²) in [7, 11) is 0. The average Bonchev–Trinajstić information content (AvgIpc) is 2.75.